The molecule has 0 atom stereocenters. The van der Waals surface area contributed by atoms with Crippen LogP contribution in [0.3, 0.4) is 0 Å². The molecule has 0 radical (unpaired) electrons. The molecule has 1 fully saturated rings. The van der Waals surface area contributed by atoms with Gasteiger partial charge in [0.2, 0.25) is 0 Å². The summed E-state index contributed by atoms with van der Waals surface area (Å²) in [6.45, 7) is 3.25. The molecule has 6 nitrogen and oxygen atoms in total. The third-order valence-electron chi connectivity index (χ3n) is 4.07. The Morgan fingerprint density at radius 2 is 1.95 bits per heavy atom. The maximum Gasteiger partial charge on any atom is 0.332 e. The van der Waals surface area contributed by atoms with Gasteiger partial charge in [0, 0.05) is 20.1 Å². The molecule has 2 rings (SSSR count). The summed E-state index contributed by atoms with van der Waals surface area (Å²) in [4.78, 5) is 24.2. The SMILES string of the molecule is CCCn1c(N)c(NCC2CCCC2)c(=O)n(C)c1=O. The Balaban J connectivity index is 2.31. The molecule has 0 unspecified atom stereocenters. The summed E-state index contributed by atoms with van der Waals surface area (Å²) in [5.41, 5.74) is 5.70. The van der Waals surface area contributed by atoms with E-state index < -0.39 is 0 Å². The minimum absolute atomic E-state index is 0.262. The number of nitrogens with one attached hydrogen (secondary N) is 1. The monoisotopic (exact) mass is 280 g/mol. The van der Waals surface area contributed by atoms with E-state index in [0.717, 1.165) is 17.5 Å². The van der Waals surface area contributed by atoms with E-state index in [1.165, 1.54) is 37.3 Å². The molecule has 1 aromatic rings. The number of anilines is 2. The van der Waals surface area contributed by atoms with Gasteiger partial charge in [-0.1, -0.05) is 19.8 Å². The van der Waals surface area contributed by atoms with Crippen molar-refractivity contribution in [1.82, 2.24) is 9.13 Å². The van der Waals surface area contributed by atoms with Crippen LogP contribution < -0.4 is 22.3 Å². The van der Waals surface area contributed by atoms with Gasteiger partial charge < -0.3 is 11.1 Å². The number of nitrogen functional groups attached to an aromatic ring is 1. The zero-order valence-corrected chi connectivity index (χ0v) is 12.3. The van der Waals surface area contributed by atoms with Gasteiger partial charge in [-0.15, -0.1) is 0 Å². The van der Waals surface area contributed by atoms with E-state index in [-0.39, 0.29) is 17.1 Å². The lowest BCUT2D eigenvalue weighted by Gasteiger charge is -2.17. The van der Waals surface area contributed by atoms with E-state index in [9.17, 15) is 9.59 Å². The average Bonchev–Trinajstić information content (AvgIpc) is 2.94. The van der Waals surface area contributed by atoms with E-state index in [1.807, 2.05) is 6.92 Å². The van der Waals surface area contributed by atoms with Crippen LogP contribution in [-0.2, 0) is 13.6 Å². The van der Waals surface area contributed by atoms with Gasteiger partial charge >= 0.3 is 5.69 Å². The van der Waals surface area contributed by atoms with Crippen molar-refractivity contribution in [2.75, 3.05) is 17.6 Å². The molecule has 3 N–H and O–H groups in total. The molecule has 1 heterocycles. The predicted octanol–water partition coefficient (Wildman–Crippen LogP) is 1.14. The van der Waals surface area contributed by atoms with Crippen LogP contribution in [0.4, 0.5) is 11.5 Å². The minimum Gasteiger partial charge on any atom is -0.383 e. The number of hydrogen-bond donors (Lipinski definition) is 2. The van der Waals surface area contributed by atoms with E-state index in [1.54, 1.807) is 0 Å². The van der Waals surface area contributed by atoms with Crippen molar-refractivity contribution < 1.29 is 0 Å². The summed E-state index contributed by atoms with van der Waals surface area (Å²) in [6, 6.07) is 0. The van der Waals surface area contributed by atoms with Gasteiger partial charge in [0.1, 0.15) is 11.5 Å². The molecule has 1 saturated carbocycles. The Labute approximate surface area is 118 Å². The smallest absolute Gasteiger partial charge is 0.332 e. The highest BCUT2D eigenvalue weighted by Crippen LogP contribution is 2.25. The topological polar surface area (TPSA) is 82.0 Å². The van der Waals surface area contributed by atoms with Crippen LogP contribution in [0.25, 0.3) is 0 Å². The highest BCUT2D eigenvalue weighted by Gasteiger charge is 2.18. The fraction of sp³-hybridized carbons (Fsp3) is 0.714. The van der Waals surface area contributed by atoms with Gasteiger partial charge in [-0.2, -0.15) is 0 Å². The first-order valence-electron chi connectivity index (χ1n) is 7.39. The second-order valence-electron chi connectivity index (χ2n) is 5.59. The van der Waals surface area contributed by atoms with Crippen LogP contribution in [0.15, 0.2) is 9.59 Å². The largest absolute Gasteiger partial charge is 0.383 e. The maximum absolute atomic E-state index is 12.2. The van der Waals surface area contributed by atoms with Crippen molar-refractivity contribution in [1.29, 1.82) is 0 Å². The van der Waals surface area contributed by atoms with Crippen molar-refractivity contribution >= 4 is 11.5 Å². The number of hydrogen-bond acceptors (Lipinski definition) is 4. The molecule has 1 aliphatic rings. The third kappa shape index (κ3) is 2.73. The van der Waals surface area contributed by atoms with Gasteiger partial charge in [0.15, 0.2) is 0 Å². The Kier molecular flexibility index (Phi) is 4.52. The normalized spacial score (nSPS) is 15.7. The zero-order valence-electron chi connectivity index (χ0n) is 12.3. The molecule has 0 bridgehead atoms. The quantitative estimate of drug-likeness (QED) is 0.847. The van der Waals surface area contributed by atoms with E-state index >= 15 is 0 Å². The van der Waals surface area contributed by atoms with Gasteiger partial charge in [-0.25, -0.2) is 4.79 Å². The van der Waals surface area contributed by atoms with Crippen LogP contribution in [0, 0.1) is 5.92 Å². The molecule has 0 aliphatic heterocycles. The van der Waals surface area contributed by atoms with Gasteiger partial charge in [0.25, 0.3) is 5.56 Å². The molecule has 0 spiro atoms. The standard InChI is InChI=1S/C14H24N4O2/c1-3-8-18-12(15)11(13(19)17(2)14(18)20)16-9-10-6-4-5-7-10/h10,16H,3-9,15H2,1-2H3. The van der Waals surface area contributed by atoms with Crippen LogP contribution in [0.5, 0.6) is 0 Å². The van der Waals surface area contributed by atoms with Crippen LogP contribution >= 0.6 is 0 Å². The van der Waals surface area contributed by atoms with Crippen molar-refractivity contribution in [3.05, 3.63) is 20.8 Å². The molecule has 0 aromatic carbocycles. The van der Waals surface area contributed by atoms with E-state index in [4.69, 9.17) is 5.73 Å². The molecule has 1 aliphatic carbocycles. The molecule has 0 amide bonds. The maximum atomic E-state index is 12.2. The number of nitrogens with zero attached hydrogens (tertiary/aromatic N) is 2. The predicted molar refractivity (Wildman–Crippen MR) is 81.1 cm³/mol. The Bertz CT molecular complexity index is 582. The lowest BCUT2D eigenvalue weighted by Crippen LogP contribution is -2.41. The summed E-state index contributed by atoms with van der Waals surface area (Å²) in [5, 5.41) is 3.17. The lowest BCUT2D eigenvalue weighted by atomic mass is 10.1. The zero-order chi connectivity index (χ0) is 14.7. The molecular formula is C14H24N4O2. The molecule has 6 heteroatoms. The molecular weight excluding hydrogens is 256 g/mol. The van der Waals surface area contributed by atoms with Crippen molar-refractivity contribution in [3.63, 3.8) is 0 Å². The second kappa shape index (κ2) is 6.15. The van der Waals surface area contributed by atoms with Gasteiger partial charge in [0.05, 0.1) is 0 Å². The van der Waals surface area contributed by atoms with E-state index in [2.05, 4.69) is 5.32 Å². The van der Waals surface area contributed by atoms with Crippen LogP contribution in [0.1, 0.15) is 39.0 Å². The van der Waals surface area contributed by atoms with Crippen molar-refractivity contribution in [2.24, 2.45) is 13.0 Å². The van der Waals surface area contributed by atoms with E-state index in [0.29, 0.717) is 18.2 Å². The lowest BCUT2D eigenvalue weighted by molar-refractivity contribution is 0.573. The number of rotatable bonds is 5. The Morgan fingerprint density at radius 1 is 1.30 bits per heavy atom. The Hall–Kier alpha value is -1.72. The molecule has 1 aromatic heterocycles. The van der Waals surface area contributed by atoms with Gasteiger partial charge in [-0.3, -0.25) is 13.9 Å². The minimum atomic E-state index is -0.347. The fourth-order valence-electron chi connectivity index (χ4n) is 2.85. The first-order chi connectivity index (χ1) is 9.56. The molecule has 112 valence electrons. The third-order valence-corrected chi connectivity index (χ3v) is 4.07. The van der Waals surface area contributed by atoms with Crippen molar-refractivity contribution in [2.45, 2.75) is 45.6 Å². The number of nitrogens with two attached hydrogens (primary N) is 1. The first kappa shape index (κ1) is 14.7. The highest BCUT2D eigenvalue weighted by atomic mass is 16.2. The summed E-state index contributed by atoms with van der Waals surface area (Å²) in [6.07, 6.45) is 5.71. The van der Waals surface area contributed by atoms with Crippen LogP contribution in [-0.4, -0.2) is 15.7 Å². The molecule has 20 heavy (non-hydrogen) atoms. The highest BCUT2D eigenvalue weighted by molar-refractivity contribution is 5.60. The fourth-order valence-corrected chi connectivity index (χ4v) is 2.85. The second-order valence-corrected chi connectivity index (χ2v) is 5.59. The summed E-state index contributed by atoms with van der Waals surface area (Å²) in [5.74, 6) is 0.864. The van der Waals surface area contributed by atoms with Gasteiger partial charge in [-0.05, 0) is 25.2 Å². The molecule has 0 saturated heterocycles. The summed E-state index contributed by atoms with van der Waals surface area (Å²) >= 11 is 0. The van der Waals surface area contributed by atoms with Crippen LogP contribution in [0.2, 0.25) is 0 Å². The number of aromatic nitrogens is 2. The Morgan fingerprint density at radius 3 is 2.55 bits per heavy atom. The average molecular weight is 280 g/mol. The first-order valence-corrected chi connectivity index (χ1v) is 7.39. The summed E-state index contributed by atoms with van der Waals surface area (Å²) < 4.78 is 2.60. The summed E-state index contributed by atoms with van der Waals surface area (Å²) in [7, 11) is 1.50. The van der Waals surface area contributed by atoms with Crippen molar-refractivity contribution in [3.8, 4) is 0 Å².